The van der Waals surface area contributed by atoms with E-state index in [0.29, 0.717) is 31.1 Å². The van der Waals surface area contributed by atoms with E-state index in [2.05, 4.69) is 6.58 Å². The van der Waals surface area contributed by atoms with Crippen molar-refractivity contribution in [2.75, 3.05) is 6.61 Å². The number of carbonyl (C=O) groups excluding carboxylic acids is 3. The molecule has 5 unspecified atom stereocenters. The highest BCUT2D eigenvalue weighted by molar-refractivity contribution is 5.91. The summed E-state index contributed by atoms with van der Waals surface area (Å²) in [7, 11) is 0. The van der Waals surface area contributed by atoms with Crippen molar-refractivity contribution in [3.8, 4) is 0 Å². The van der Waals surface area contributed by atoms with Gasteiger partial charge in [0.15, 0.2) is 0 Å². The fourth-order valence-corrected chi connectivity index (χ4v) is 3.18. The molecule has 0 saturated carbocycles. The molecule has 0 bridgehead atoms. The number of fused-ring (bicyclic) bond motifs is 1. The third-order valence-electron chi connectivity index (χ3n) is 5.12. The zero-order chi connectivity index (χ0) is 20.1. The van der Waals surface area contributed by atoms with Crippen molar-refractivity contribution < 1.29 is 34.1 Å². The van der Waals surface area contributed by atoms with E-state index in [1.54, 1.807) is 19.1 Å². The van der Waals surface area contributed by atoms with Crippen LogP contribution in [-0.2, 0) is 23.9 Å². The lowest BCUT2D eigenvalue weighted by atomic mass is 9.83. The second-order valence-corrected chi connectivity index (χ2v) is 6.92. The van der Waals surface area contributed by atoms with Crippen molar-refractivity contribution in [1.82, 2.24) is 0 Å². The van der Waals surface area contributed by atoms with Crippen LogP contribution < -0.4 is 0 Å². The molecule has 1 saturated heterocycles. The Hall–Kier alpha value is -2.25. The number of hydrogen-bond donors (Lipinski definition) is 2. The standard InChI is InChI=1S/C20H26O7/c1-4-11(2)19(24)27-18-16-12(3)20(25)26-15(16)8-13(9-21)6-5-7-14(10-22)17(18)23/h7-8,10-11,15-18,21,23H,3-6,9H2,1-2H3/b13-8-,14-7-. The third kappa shape index (κ3) is 4.54. The van der Waals surface area contributed by atoms with Gasteiger partial charge in [-0.2, -0.15) is 0 Å². The smallest absolute Gasteiger partial charge is 0.334 e. The Morgan fingerprint density at radius 2 is 2.22 bits per heavy atom. The molecule has 2 aliphatic rings. The van der Waals surface area contributed by atoms with Gasteiger partial charge < -0.3 is 19.7 Å². The van der Waals surface area contributed by atoms with Crippen LogP contribution in [0.3, 0.4) is 0 Å². The molecular weight excluding hydrogens is 352 g/mol. The number of esters is 2. The van der Waals surface area contributed by atoms with Crippen molar-refractivity contribution >= 4 is 18.2 Å². The Morgan fingerprint density at radius 3 is 2.81 bits per heavy atom. The van der Waals surface area contributed by atoms with Crippen LogP contribution in [0.5, 0.6) is 0 Å². The molecular formula is C20H26O7. The van der Waals surface area contributed by atoms with E-state index in [1.165, 1.54) is 0 Å². The maximum Gasteiger partial charge on any atom is 0.334 e. The molecule has 7 heteroatoms. The number of hydrogen-bond acceptors (Lipinski definition) is 7. The first kappa shape index (κ1) is 21.1. The number of ether oxygens (including phenoxy) is 2. The molecule has 1 aliphatic carbocycles. The molecule has 1 heterocycles. The first-order chi connectivity index (χ1) is 12.8. The van der Waals surface area contributed by atoms with Gasteiger partial charge in [-0.1, -0.05) is 26.5 Å². The number of carbonyl (C=O) groups is 3. The minimum Gasteiger partial charge on any atom is -0.458 e. The molecule has 148 valence electrons. The number of allylic oxidation sites excluding steroid dienone is 1. The van der Waals surface area contributed by atoms with E-state index in [0.717, 1.165) is 0 Å². The van der Waals surface area contributed by atoms with E-state index in [1.807, 2.05) is 6.92 Å². The average molecular weight is 378 g/mol. The van der Waals surface area contributed by atoms with Crippen molar-refractivity contribution in [2.45, 2.75) is 51.4 Å². The number of aliphatic hydroxyl groups is 2. The Bertz CT molecular complexity index is 676. The lowest BCUT2D eigenvalue weighted by Crippen LogP contribution is -2.43. The largest absolute Gasteiger partial charge is 0.458 e. The number of aldehydes is 1. The van der Waals surface area contributed by atoms with E-state index in [-0.39, 0.29) is 17.8 Å². The summed E-state index contributed by atoms with van der Waals surface area (Å²) in [5.41, 5.74) is 0.736. The zero-order valence-electron chi connectivity index (χ0n) is 15.6. The summed E-state index contributed by atoms with van der Waals surface area (Å²) in [5, 5.41) is 20.3. The molecule has 2 N–H and O–H groups in total. The minimum atomic E-state index is -1.42. The quantitative estimate of drug-likeness (QED) is 0.320. The summed E-state index contributed by atoms with van der Waals surface area (Å²) in [6, 6.07) is 0. The highest BCUT2D eigenvalue weighted by Gasteiger charge is 2.48. The highest BCUT2D eigenvalue weighted by Crippen LogP contribution is 2.36. The van der Waals surface area contributed by atoms with Gasteiger partial charge >= 0.3 is 11.9 Å². The van der Waals surface area contributed by atoms with Gasteiger partial charge in [-0.3, -0.25) is 9.59 Å². The van der Waals surface area contributed by atoms with E-state index in [9.17, 15) is 24.6 Å². The van der Waals surface area contributed by atoms with Gasteiger partial charge in [-0.25, -0.2) is 4.79 Å². The Balaban J connectivity index is 2.50. The average Bonchev–Trinajstić information content (AvgIpc) is 2.94. The fraction of sp³-hybridized carbons (Fsp3) is 0.550. The molecule has 0 spiro atoms. The zero-order valence-corrected chi connectivity index (χ0v) is 15.6. The monoisotopic (exact) mass is 378 g/mol. The molecule has 0 radical (unpaired) electrons. The summed E-state index contributed by atoms with van der Waals surface area (Å²) in [5.74, 6) is -2.47. The van der Waals surface area contributed by atoms with Crippen molar-refractivity contribution in [2.24, 2.45) is 11.8 Å². The van der Waals surface area contributed by atoms with Gasteiger partial charge in [-0.15, -0.1) is 0 Å². The molecule has 0 aromatic heterocycles. The highest BCUT2D eigenvalue weighted by atomic mass is 16.6. The summed E-state index contributed by atoms with van der Waals surface area (Å²) in [6.07, 6.45) is 1.57. The van der Waals surface area contributed by atoms with Crippen LogP contribution >= 0.6 is 0 Å². The van der Waals surface area contributed by atoms with Crippen molar-refractivity contribution in [3.63, 3.8) is 0 Å². The summed E-state index contributed by atoms with van der Waals surface area (Å²) < 4.78 is 10.9. The summed E-state index contributed by atoms with van der Waals surface area (Å²) in [6.45, 7) is 7.01. The topological polar surface area (TPSA) is 110 Å². The SMILES string of the molecule is C=C1C(=O)OC2/C=C(\CO)CC/C=C(/C=O)C(O)C(OC(=O)C(C)CC)C12. The van der Waals surface area contributed by atoms with Crippen LogP contribution in [0.2, 0.25) is 0 Å². The number of rotatable bonds is 5. The lowest BCUT2D eigenvalue weighted by molar-refractivity contribution is -0.162. The Morgan fingerprint density at radius 1 is 1.52 bits per heavy atom. The van der Waals surface area contributed by atoms with Crippen molar-refractivity contribution in [1.29, 1.82) is 0 Å². The van der Waals surface area contributed by atoms with Gasteiger partial charge in [0.25, 0.3) is 0 Å². The van der Waals surface area contributed by atoms with E-state index < -0.39 is 42.1 Å². The maximum atomic E-state index is 12.4. The van der Waals surface area contributed by atoms with Crippen LogP contribution in [0, 0.1) is 11.8 Å². The predicted molar refractivity (Wildman–Crippen MR) is 96.4 cm³/mol. The van der Waals surface area contributed by atoms with Gasteiger partial charge in [0, 0.05) is 11.1 Å². The van der Waals surface area contributed by atoms with Gasteiger partial charge in [0.05, 0.1) is 18.4 Å². The molecule has 1 fully saturated rings. The normalized spacial score (nSPS) is 33.6. The van der Waals surface area contributed by atoms with Gasteiger partial charge in [0.2, 0.25) is 0 Å². The third-order valence-corrected chi connectivity index (χ3v) is 5.12. The molecule has 5 atom stereocenters. The molecule has 0 amide bonds. The van der Waals surface area contributed by atoms with Crippen LogP contribution in [-0.4, -0.2) is 53.4 Å². The van der Waals surface area contributed by atoms with E-state index in [4.69, 9.17) is 9.47 Å². The lowest BCUT2D eigenvalue weighted by Gasteiger charge is -2.31. The first-order valence-electron chi connectivity index (χ1n) is 9.08. The molecule has 0 aromatic rings. The summed E-state index contributed by atoms with van der Waals surface area (Å²) in [4.78, 5) is 36.0. The molecule has 2 rings (SSSR count). The number of aliphatic hydroxyl groups excluding tert-OH is 2. The predicted octanol–water partition coefficient (Wildman–Crippen LogP) is 1.24. The van der Waals surface area contributed by atoms with Gasteiger partial charge in [-0.05, 0) is 30.9 Å². The minimum absolute atomic E-state index is 0.0559. The van der Waals surface area contributed by atoms with Crippen LogP contribution in [0.4, 0.5) is 0 Å². The molecule has 7 nitrogen and oxygen atoms in total. The Labute approximate surface area is 158 Å². The van der Waals surface area contributed by atoms with Crippen LogP contribution in [0.1, 0.15) is 33.1 Å². The first-order valence-corrected chi connectivity index (χ1v) is 9.08. The second-order valence-electron chi connectivity index (χ2n) is 6.92. The molecule has 1 aliphatic heterocycles. The maximum absolute atomic E-state index is 12.4. The van der Waals surface area contributed by atoms with Crippen LogP contribution in [0.15, 0.2) is 35.5 Å². The van der Waals surface area contributed by atoms with Crippen molar-refractivity contribution in [3.05, 3.63) is 35.5 Å². The molecule has 27 heavy (non-hydrogen) atoms. The van der Waals surface area contributed by atoms with E-state index >= 15 is 0 Å². The fourth-order valence-electron chi connectivity index (χ4n) is 3.18. The van der Waals surface area contributed by atoms with Crippen LogP contribution in [0.25, 0.3) is 0 Å². The Kier molecular flexibility index (Phi) is 7.10. The molecule has 0 aromatic carbocycles. The summed E-state index contributed by atoms with van der Waals surface area (Å²) >= 11 is 0. The second kappa shape index (κ2) is 9.10. The van der Waals surface area contributed by atoms with Gasteiger partial charge in [0.1, 0.15) is 24.6 Å².